The summed E-state index contributed by atoms with van der Waals surface area (Å²) in [5.41, 5.74) is 0. The van der Waals surface area contributed by atoms with E-state index >= 15 is 0 Å². The van der Waals surface area contributed by atoms with E-state index in [1.807, 2.05) is 0 Å². The van der Waals surface area contributed by atoms with Crippen molar-refractivity contribution in [3.05, 3.63) is 24.3 Å². The summed E-state index contributed by atoms with van der Waals surface area (Å²) in [6.07, 6.45) is 33.6. The van der Waals surface area contributed by atoms with Crippen LogP contribution in [0.25, 0.3) is 0 Å². The Morgan fingerprint density at radius 3 is 1.69 bits per heavy atom. The van der Waals surface area contributed by atoms with Crippen LogP contribution in [-0.2, 0) is 14.3 Å². The Morgan fingerprint density at radius 1 is 0.611 bits per heavy atom. The summed E-state index contributed by atoms with van der Waals surface area (Å²) in [6.45, 7) is 4.41. The third-order valence-electron chi connectivity index (χ3n) is 6.68. The number of esters is 1. The smallest absolute Gasteiger partial charge is 0.306 e. The first-order valence-corrected chi connectivity index (χ1v) is 15.3. The number of unbranched alkanes of at least 4 members (excludes halogenated alkanes) is 14. The standard InChI is InChI=1S/C32H58O4/c1-3-5-7-8-9-10-11-12-13-14-15-16-17-19-23-26-30(36-32(35)29-22-6-4-2)27-24-20-18-21-25-28-31(33)34/h11-12,14-15,30H,3-10,13,16-29H2,1-2H3,(H,33,34)/b12-11-,15-14-. The first-order chi connectivity index (χ1) is 17.6. The molecule has 0 bridgehead atoms. The average molecular weight is 507 g/mol. The fraction of sp³-hybridized carbons (Fsp3) is 0.812. The van der Waals surface area contributed by atoms with Crippen molar-refractivity contribution >= 4 is 11.9 Å². The van der Waals surface area contributed by atoms with Gasteiger partial charge in [-0.2, -0.15) is 0 Å². The molecule has 4 heteroatoms. The number of carboxylic acid groups (broad SMARTS) is 1. The van der Waals surface area contributed by atoms with Gasteiger partial charge in [0, 0.05) is 12.8 Å². The molecule has 36 heavy (non-hydrogen) atoms. The molecule has 0 rings (SSSR count). The minimum absolute atomic E-state index is 0.0353. The van der Waals surface area contributed by atoms with Crippen molar-refractivity contribution in [1.29, 1.82) is 0 Å². The van der Waals surface area contributed by atoms with Crippen molar-refractivity contribution in [2.75, 3.05) is 0 Å². The molecule has 1 unspecified atom stereocenters. The lowest BCUT2D eigenvalue weighted by Crippen LogP contribution is -2.18. The summed E-state index contributed by atoms with van der Waals surface area (Å²) in [5.74, 6) is -0.743. The Bertz CT molecular complexity index is 552. The number of hydrogen-bond acceptors (Lipinski definition) is 3. The summed E-state index contributed by atoms with van der Waals surface area (Å²) in [5, 5.41) is 8.73. The molecule has 0 fully saturated rings. The second-order valence-corrected chi connectivity index (χ2v) is 10.3. The van der Waals surface area contributed by atoms with Gasteiger partial charge in [0.05, 0.1) is 0 Å². The molecule has 0 aromatic rings. The highest BCUT2D eigenvalue weighted by Crippen LogP contribution is 2.17. The van der Waals surface area contributed by atoms with Crippen LogP contribution in [0.4, 0.5) is 0 Å². The normalized spacial score (nSPS) is 12.5. The number of carbonyl (C=O) groups excluding carboxylic acids is 1. The van der Waals surface area contributed by atoms with E-state index in [1.54, 1.807) is 0 Å². The monoisotopic (exact) mass is 506 g/mol. The Labute approximate surface area is 223 Å². The fourth-order valence-corrected chi connectivity index (χ4v) is 4.39. The van der Waals surface area contributed by atoms with Crippen LogP contribution in [0, 0.1) is 0 Å². The van der Waals surface area contributed by atoms with Crippen LogP contribution in [0.1, 0.15) is 162 Å². The van der Waals surface area contributed by atoms with E-state index in [2.05, 4.69) is 38.2 Å². The highest BCUT2D eigenvalue weighted by molar-refractivity contribution is 5.69. The van der Waals surface area contributed by atoms with Gasteiger partial charge in [0.25, 0.3) is 0 Å². The van der Waals surface area contributed by atoms with Crippen LogP contribution in [0.3, 0.4) is 0 Å². The number of ether oxygens (including phenoxy) is 1. The topological polar surface area (TPSA) is 63.6 Å². The number of aliphatic carboxylic acids is 1. The van der Waals surface area contributed by atoms with E-state index in [-0.39, 0.29) is 18.5 Å². The first-order valence-electron chi connectivity index (χ1n) is 15.3. The third-order valence-corrected chi connectivity index (χ3v) is 6.68. The molecule has 210 valence electrons. The lowest BCUT2D eigenvalue weighted by atomic mass is 10.0. The summed E-state index contributed by atoms with van der Waals surface area (Å²) < 4.78 is 5.84. The number of carbonyl (C=O) groups is 2. The molecule has 0 spiro atoms. The first kappa shape index (κ1) is 34.4. The van der Waals surface area contributed by atoms with Gasteiger partial charge in [0.1, 0.15) is 6.10 Å². The molecule has 0 radical (unpaired) electrons. The van der Waals surface area contributed by atoms with Crippen LogP contribution in [0.5, 0.6) is 0 Å². The lowest BCUT2D eigenvalue weighted by molar-refractivity contribution is -0.150. The summed E-state index contributed by atoms with van der Waals surface area (Å²) >= 11 is 0. The number of allylic oxidation sites excluding steroid dienone is 4. The molecule has 1 N–H and O–H groups in total. The van der Waals surface area contributed by atoms with Crippen molar-refractivity contribution in [3.63, 3.8) is 0 Å². The van der Waals surface area contributed by atoms with Gasteiger partial charge in [-0.15, -0.1) is 0 Å². The second kappa shape index (κ2) is 28.0. The molecule has 0 aliphatic rings. The van der Waals surface area contributed by atoms with E-state index in [0.717, 1.165) is 83.5 Å². The van der Waals surface area contributed by atoms with E-state index in [9.17, 15) is 9.59 Å². The molecule has 0 aromatic heterocycles. The highest BCUT2D eigenvalue weighted by atomic mass is 16.5. The van der Waals surface area contributed by atoms with E-state index in [4.69, 9.17) is 9.84 Å². The van der Waals surface area contributed by atoms with Crippen molar-refractivity contribution in [2.24, 2.45) is 0 Å². The van der Waals surface area contributed by atoms with E-state index in [1.165, 1.54) is 51.4 Å². The van der Waals surface area contributed by atoms with Gasteiger partial charge in [0.2, 0.25) is 0 Å². The van der Waals surface area contributed by atoms with E-state index < -0.39 is 5.97 Å². The molecular formula is C32H58O4. The Balaban J connectivity index is 3.98. The van der Waals surface area contributed by atoms with Gasteiger partial charge in [-0.05, 0) is 70.6 Å². The largest absolute Gasteiger partial charge is 0.481 e. The molecule has 0 saturated heterocycles. The zero-order valence-electron chi connectivity index (χ0n) is 23.8. The molecule has 4 nitrogen and oxygen atoms in total. The third kappa shape index (κ3) is 27.0. The Hall–Kier alpha value is -1.58. The zero-order chi connectivity index (χ0) is 26.5. The molecule has 0 aromatic carbocycles. The molecule has 0 saturated carbocycles. The number of rotatable bonds is 27. The van der Waals surface area contributed by atoms with Gasteiger partial charge < -0.3 is 9.84 Å². The minimum atomic E-state index is -0.708. The Morgan fingerprint density at radius 2 is 1.08 bits per heavy atom. The molecular weight excluding hydrogens is 448 g/mol. The SMILES string of the molecule is CCCCCCC/C=C\C/C=C\CCCCCC(CCCCCCCC(=O)O)OC(=O)CCCCC. The summed E-state index contributed by atoms with van der Waals surface area (Å²) in [7, 11) is 0. The second-order valence-electron chi connectivity index (χ2n) is 10.3. The quantitative estimate of drug-likeness (QED) is 0.0683. The fourth-order valence-electron chi connectivity index (χ4n) is 4.39. The molecule has 0 amide bonds. The molecule has 1 atom stereocenters. The summed E-state index contributed by atoms with van der Waals surface area (Å²) in [6, 6.07) is 0. The van der Waals surface area contributed by atoms with Crippen LogP contribution in [0.2, 0.25) is 0 Å². The molecule has 0 heterocycles. The predicted molar refractivity (Wildman–Crippen MR) is 153 cm³/mol. The van der Waals surface area contributed by atoms with Gasteiger partial charge in [-0.3, -0.25) is 9.59 Å². The van der Waals surface area contributed by atoms with Crippen LogP contribution >= 0.6 is 0 Å². The Kier molecular flexibility index (Phi) is 26.8. The van der Waals surface area contributed by atoms with Crippen molar-refractivity contribution in [1.82, 2.24) is 0 Å². The maximum atomic E-state index is 12.2. The van der Waals surface area contributed by atoms with Gasteiger partial charge >= 0.3 is 11.9 Å². The van der Waals surface area contributed by atoms with E-state index in [0.29, 0.717) is 6.42 Å². The molecule has 0 aliphatic carbocycles. The maximum Gasteiger partial charge on any atom is 0.306 e. The minimum Gasteiger partial charge on any atom is -0.481 e. The number of carboxylic acids is 1. The van der Waals surface area contributed by atoms with Gasteiger partial charge in [-0.25, -0.2) is 0 Å². The van der Waals surface area contributed by atoms with Crippen LogP contribution < -0.4 is 0 Å². The number of hydrogen-bond donors (Lipinski definition) is 1. The van der Waals surface area contributed by atoms with Crippen molar-refractivity contribution in [2.45, 2.75) is 168 Å². The van der Waals surface area contributed by atoms with Gasteiger partial charge in [-0.1, -0.05) is 102 Å². The van der Waals surface area contributed by atoms with Crippen LogP contribution in [0.15, 0.2) is 24.3 Å². The lowest BCUT2D eigenvalue weighted by Gasteiger charge is -2.18. The van der Waals surface area contributed by atoms with Crippen molar-refractivity contribution in [3.8, 4) is 0 Å². The molecule has 0 aliphatic heterocycles. The average Bonchev–Trinajstić information content (AvgIpc) is 2.85. The maximum absolute atomic E-state index is 12.2. The van der Waals surface area contributed by atoms with Crippen LogP contribution in [-0.4, -0.2) is 23.1 Å². The van der Waals surface area contributed by atoms with Gasteiger partial charge in [0.15, 0.2) is 0 Å². The predicted octanol–water partition coefficient (Wildman–Crippen LogP) is 10.1. The highest BCUT2D eigenvalue weighted by Gasteiger charge is 2.14. The zero-order valence-corrected chi connectivity index (χ0v) is 23.8. The van der Waals surface area contributed by atoms with Crippen molar-refractivity contribution < 1.29 is 19.4 Å². The summed E-state index contributed by atoms with van der Waals surface area (Å²) in [4.78, 5) is 22.8.